The highest BCUT2D eigenvalue weighted by molar-refractivity contribution is 5.96. The van der Waals surface area contributed by atoms with Crippen LogP contribution in [0.1, 0.15) is 41.0 Å². The first-order chi connectivity index (χ1) is 16.4. The molecule has 0 spiro atoms. The Bertz CT molecular complexity index is 1210. The molecule has 1 aliphatic rings. The van der Waals surface area contributed by atoms with Crippen LogP contribution >= 0.6 is 0 Å². The van der Waals surface area contributed by atoms with Crippen molar-refractivity contribution in [2.24, 2.45) is 0 Å². The molecular weight excluding hydrogens is 439 g/mol. The van der Waals surface area contributed by atoms with Crippen LogP contribution in [0.3, 0.4) is 0 Å². The van der Waals surface area contributed by atoms with Gasteiger partial charge in [-0.25, -0.2) is 4.39 Å². The van der Waals surface area contributed by atoms with Crippen LogP contribution < -0.4 is 0 Å². The molecular formula is C25H25FN4O4. The molecule has 0 radical (unpaired) electrons. The van der Waals surface area contributed by atoms with E-state index in [4.69, 9.17) is 0 Å². The van der Waals surface area contributed by atoms with Gasteiger partial charge in [-0.3, -0.25) is 19.7 Å². The summed E-state index contributed by atoms with van der Waals surface area (Å²) in [4.78, 5) is 40.2. The second-order valence-corrected chi connectivity index (χ2v) is 8.20. The average molecular weight is 464 g/mol. The topological polar surface area (TPSA) is 88.7 Å². The number of halogens is 1. The van der Waals surface area contributed by atoms with Gasteiger partial charge < -0.3 is 14.4 Å². The Morgan fingerprint density at radius 3 is 2.56 bits per heavy atom. The number of benzene rings is 2. The Balaban J connectivity index is 1.59. The van der Waals surface area contributed by atoms with E-state index in [-0.39, 0.29) is 35.4 Å². The maximum Gasteiger partial charge on any atom is 0.269 e. The number of aromatic nitrogens is 1. The van der Waals surface area contributed by atoms with Crippen molar-refractivity contribution in [2.75, 3.05) is 19.6 Å². The van der Waals surface area contributed by atoms with Crippen molar-refractivity contribution in [3.63, 3.8) is 0 Å². The van der Waals surface area contributed by atoms with Crippen molar-refractivity contribution in [2.45, 2.75) is 25.9 Å². The second kappa shape index (κ2) is 9.86. The van der Waals surface area contributed by atoms with Crippen LogP contribution in [0.2, 0.25) is 0 Å². The van der Waals surface area contributed by atoms with Crippen LogP contribution in [0.15, 0.2) is 66.9 Å². The summed E-state index contributed by atoms with van der Waals surface area (Å²) in [7, 11) is 0. The highest BCUT2D eigenvalue weighted by Crippen LogP contribution is 2.33. The Morgan fingerprint density at radius 2 is 1.88 bits per heavy atom. The standard InChI is InChI=1S/C25H25FN4O4/c1-2-12-28(25(32)18-8-10-21(11-9-18)30(33)34)17-23(31)29-15-14-27-13-4-7-22(27)24(29)19-5-3-6-20(26)16-19/h3-11,13,16,24H,2,12,14-15,17H2,1H3. The molecule has 34 heavy (non-hydrogen) atoms. The molecule has 0 aliphatic carbocycles. The lowest BCUT2D eigenvalue weighted by Gasteiger charge is -2.38. The Labute approximate surface area is 196 Å². The second-order valence-electron chi connectivity index (χ2n) is 8.20. The normalized spacial score (nSPS) is 15.0. The van der Waals surface area contributed by atoms with Gasteiger partial charge in [0.25, 0.3) is 11.6 Å². The molecule has 0 saturated heterocycles. The summed E-state index contributed by atoms with van der Waals surface area (Å²) in [5, 5.41) is 10.9. The number of fused-ring (bicyclic) bond motifs is 1. The maximum atomic E-state index is 14.0. The van der Waals surface area contributed by atoms with Crippen molar-refractivity contribution in [1.29, 1.82) is 0 Å². The van der Waals surface area contributed by atoms with E-state index in [0.29, 0.717) is 31.6 Å². The zero-order valence-electron chi connectivity index (χ0n) is 18.8. The highest BCUT2D eigenvalue weighted by atomic mass is 19.1. The molecule has 1 unspecified atom stereocenters. The minimum absolute atomic E-state index is 0.107. The van der Waals surface area contributed by atoms with Crippen molar-refractivity contribution in [3.8, 4) is 0 Å². The van der Waals surface area contributed by atoms with Gasteiger partial charge in [-0.1, -0.05) is 19.1 Å². The number of rotatable bonds is 7. The lowest BCUT2D eigenvalue weighted by atomic mass is 9.99. The van der Waals surface area contributed by atoms with E-state index < -0.39 is 11.0 Å². The predicted octanol–water partition coefficient (Wildman–Crippen LogP) is 4.02. The summed E-state index contributed by atoms with van der Waals surface area (Å²) in [6.07, 6.45) is 2.58. The molecule has 1 aliphatic heterocycles. The molecule has 176 valence electrons. The number of nitro groups is 1. The molecule has 1 atom stereocenters. The fourth-order valence-corrected chi connectivity index (χ4v) is 4.36. The number of non-ortho nitro benzene ring substituents is 1. The lowest BCUT2D eigenvalue weighted by Crippen LogP contribution is -2.48. The Kier molecular flexibility index (Phi) is 6.72. The van der Waals surface area contributed by atoms with Gasteiger partial charge >= 0.3 is 0 Å². The molecule has 4 rings (SSSR count). The minimum atomic E-state index is -0.527. The molecule has 3 aromatic rings. The number of nitro benzene ring substituents is 1. The highest BCUT2D eigenvalue weighted by Gasteiger charge is 2.33. The minimum Gasteiger partial charge on any atom is -0.348 e. The number of amides is 2. The van der Waals surface area contributed by atoms with E-state index in [2.05, 4.69) is 0 Å². The van der Waals surface area contributed by atoms with Crippen molar-refractivity contribution >= 4 is 17.5 Å². The zero-order chi connectivity index (χ0) is 24.2. The Hall–Kier alpha value is -4.01. The van der Waals surface area contributed by atoms with Gasteiger partial charge in [-0.2, -0.15) is 0 Å². The lowest BCUT2D eigenvalue weighted by molar-refractivity contribution is -0.384. The zero-order valence-corrected chi connectivity index (χ0v) is 18.8. The van der Waals surface area contributed by atoms with Crippen molar-refractivity contribution < 1.29 is 18.9 Å². The first-order valence-corrected chi connectivity index (χ1v) is 11.1. The molecule has 0 fully saturated rings. The number of nitrogens with zero attached hydrogens (tertiary/aromatic N) is 4. The van der Waals surface area contributed by atoms with E-state index in [1.807, 2.05) is 29.8 Å². The van der Waals surface area contributed by atoms with Crippen LogP contribution in [-0.4, -0.2) is 50.7 Å². The summed E-state index contributed by atoms with van der Waals surface area (Å²) in [6, 6.07) is 14.9. The van der Waals surface area contributed by atoms with Crippen LogP contribution in [0.25, 0.3) is 0 Å². The first kappa shape index (κ1) is 23.2. The van der Waals surface area contributed by atoms with Gasteiger partial charge in [0.15, 0.2) is 0 Å². The number of hydrogen-bond donors (Lipinski definition) is 0. The van der Waals surface area contributed by atoms with Gasteiger partial charge in [0.2, 0.25) is 5.91 Å². The van der Waals surface area contributed by atoms with E-state index >= 15 is 0 Å². The molecule has 2 amide bonds. The van der Waals surface area contributed by atoms with E-state index in [1.165, 1.54) is 41.3 Å². The van der Waals surface area contributed by atoms with Crippen molar-refractivity contribution in [1.82, 2.24) is 14.4 Å². The van der Waals surface area contributed by atoms with Gasteiger partial charge in [0.05, 0.1) is 11.0 Å². The summed E-state index contributed by atoms with van der Waals surface area (Å²) < 4.78 is 16.1. The summed E-state index contributed by atoms with van der Waals surface area (Å²) in [5.41, 5.74) is 1.72. The maximum absolute atomic E-state index is 14.0. The molecule has 1 aromatic heterocycles. The smallest absolute Gasteiger partial charge is 0.269 e. The average Bonchev–Trinajstić information content (AvgIpc) is 3.31. The monoisotopic (exact) mass is 464 g/mol. The summed E-state index contributed by atoms with van der Waals surface area (Å²) in [5.74, 6) is -0.993. The number of hydrogen-bond acceptors (Lipinski definition) is 4. The van der Waals surface area contributed by atoms with Crippen LogP contribution in [0.5, 0.6) is 0 Å². The summed E-state index contributed by atoms with van der Waals surface area (Å²) in [6.45, 7) is 3.15. The fourth-order valence-electron chi connectivity index (χ4n) is 4.36. The first-order valence-electron chi connectivity index (χ1n) is 11.1. The third-order valence-electron chi connectivity index (χ3n) is 5.95. The number of carbonyl (C=O) groups excluding carboxylic acids is 2. The molecule has 2 aromatic carbocycles. The van der Waals surface area contributed by atoms with Crippen LogP contribution in [0.4, 0.5) is 10.1 Å². The third kappa shape index (κ3) is 4.68. The number of carbonyl (C=O) groups is 2. The summed E-state index contributed by atoms with van der Waals surface area (Å²) >= 11 is 0. The van der Waals surface area contributed by atoms with Gasteiger partial charge in [-0.05, 0) is 48.4 Å². The predicted molar refractivity (Wildman–Crippen MR) is 124 cm³/mol. The largest absolute Gasteiger partial charge is 0.348 e. The molecule has 0 bridgehead atoms. The fraction of sp³-hybridized carbons (Fsp3) is 0.280. The molecule has 0 N–H and O–H groups in total. The van der Waals surface area contributed by atoms with E-state index in [0.717, 1.165) is 5.69 Å². The van der Waals surface area contributed by atoms with Gasteiger partial charge in [0, 0.05) is 49.2 Å². The SMILES string of the molecule is CCCN(CC(=O)N1CCn2cccc2C1c1cccc(F)c1)C(=O)c1ccc([N+](=O)[O-])cc1. The van der Waals surface area contributed by atoms with E-state index in [1.54, 1.807) is 17.0 Å². The van der Waals surface area contributed by atoms with Crippen molar-refractivity contribution in [3.05, 3.63) is 99.6 Å². The molecule has 8 nitrogen and oxygen atoms in total. The molecule has 2 heterocycles. The van der Waals surface area contributed by atoms with Crippen LogP contribution in [0, 0.1) is 15.9 Å². The molecule has 9 heteroatoms. The third-order valence-corrected chi connectivity index (χ3v) is 5.95. The van der Waals surface area contributed by atoms with Gasteiger partial charge in [-0.15, -0.1) is 0 Å². The van der Waals surface area contributed by atoms with Gasteiger partial charge in [0.1, 0.15) is 12.4 Å². The quantitative estimate of drug-likeness (QED) is 0.390. The Morgan fingerprint density at radius 1 is 1.12 bits per heavy atom. The van der Waals surface area contributed by atoms with E-state index in [9.17, 15) is 24.1 Å². The van der Waals surface area contributed by atoms with Crippen LogP contribution in [-0.2, 0) is 11.3 Å². The molecule has 0 saturated carbocycles.